The molecule has 168 valence electrons. The second-order valence-electron chi connectivity index (χ2n) is 9.21. The van der Waals surface area contributed by atoms with Crippen LogP contribution in [0.2, 0.25) is 0 Å². The van der Waals surface area contributed by atoms with Gasteiger partial charge < -0.3 is 14.9 Å². The lowest BCUT2D eigenvalue weighted by Crippen LogP contribution is -2.18. The molecule has 2 aromatic rings. The van der Waals surface area contributed by atoms with Crippen LogP contribution in [-0.4, -0.2) is 29.0 Å². The molecule has 1 aliphatic carbocycles. The molecule has 4 nitrogen and oxygen atoms in total. The van der Waals surface area contributed by atoms with Gasteiger partial charge in [0.15, 0.2) is 0 Å². The second kappa shape index (κ2) is 10.2. The van der Waals surface area contributed by atoms with Crippen molar-refractivity contribution in [3.63, 3.8) is 0 Å². The Hall–Kier alpha value is -1.82. The summed E-state index contributed by atoms with van der Waals surface area (Å²) in [6, 6.07) is 16.2. The molecule has 0 spiro atoms. The Kier molecular flexibility index (Phi) is 7.84. The van der Waals surface area contributed by atoms with Gasteiger partial charge in [0.05, 0.1) is 25.7 Å². The first-order valence-electron chi connectivity index (χ1n) is 11.0. The summed E-state index contributed by atoms with van der Waals surface area (Å²) in [5.74, 6) is 0.791. The predicted molar refractivity (Wildman–Crippen MR) is 126 cm³/mol. The smallest absolute Gasteiger partial charge is 0.306 e. The van der Waals surface area contributed by atoms with Gasteiger partial charge in [-0.1, -0.05) is 48.5 Å². The zero-order chi connectivity index (χ0) is 22.5. The summed E-state index contributed by atoms with van der Waals surface area (Å²) in [4.78, 5) is 11.8. The van der Waals surface area contributed by atoms with E-state index in [0.29, 0.717) is 6.42 Å². The van der Waals surface area contributed by atoms with Crippen molar-refractivity contribution in [2.45, 2.75) is 63.4 Å². The van der Waals surface area contributed by atoms with Crippen molar-refractivity contribution >= 4 is 17.7 Å². The highest BCUT2D eigenvalue weighted by Gasteiger charge is 2.45. The molecule has 3 rings (SSSR count). The third kappa shape index (κ3) is 6.58. The van der Waals surface area contributed by atoms with E-state index in [1.54, 1.807) is 0 Å². The van der Waals surface area contributed by atoms with Crippen molar-refractivity contribution in [2.24, 2.45) is 5.41 Å². The van der Waals surface area contributed by atoms with E-state index in [-0.39, 0.29) is 23.2 Å². The monoisotopic (exact) mass is 442 g/mol. The predicted octanol–water partition coefficient (Wildman–Crippen LogP) is 5.16. The highest BCUT2D eigenvalue weighted by molar-refractivity contribution is 7.99. The van der Waals surface area contributed by atoms with Gasteiger partial charge in [-0.2, -0.15) is 11.8 Å². The molecular formula is C26H34O4S. The molecule has 5 heteroatoms. The van der Waals surface area contributed by atoms with E-state index in [0.717, 1.165) is 48.1 Å². The number of hydrogen-bond acceptors (Lipinski definition) is 5. The molecule has 1 unspecified atom stereocenters. The van der Waals surface area contributed by atoms with Crippen LogP contribution in [-0.2, 0) is 28.2 Å². The Bertz CT molecular complexity index is 883. The van der Waals surface area contributed by atoms with E-state index in [1.807, 2.05) is 55.9 Å². The molecule has 0 saturated heterocycles. The second-order valence-corrected chi connectivity index (χ2v) is 10.4. The molecule has 31 heavy (non-hydrogen) atoms. The maximum Gasteiger partial charge on any atom is 0.306 e. The molecule has 2 N–H and O–H groups in total. The van der Waals surface area contributed by atoms with Gasteiger partial charge in [0, 0.05) is 11.0 Å². The fraction of sp³-hybridized carbons (Fsp3) is 0.500. The topological polar surface area (TPSA) is 66.8 Å². The molecule has 1 fully saturated rings. The van der Waals surface area contributed by atoms with Crippen LogP contribution in [0.1, 0.15) is 67.0 Å². The molecule has 0 bridgehead atoms. The van der Waals surface area contributed by atoms with Gasteiger partial charge in [0.2, 0.25) is 0 Å². The first-order valence-corrected chi connectivity index (χ1v) is 12.0. The van der Waals surface area contributed by atoms with Gasteiger partial charge in [-0.25, -0.2) is 0 Å². The maximum atomic E-state index is 11.8. The van der Waals surface area contributed by atoms with Gasteiger partial charge in [0.25, 0.3) is 0 Å². The number of carbonyl (C=O) groups excluding carboxylic acids is 1. The van der Waals surface area contributed by atoms with E-state index in [4.69, 9.17) is 4.74 Å². The van der Waals surface area contributed by atoms with Gasteiger partial charge >= 0.3 is 5.97 Å². The van der Waals surface area contributed by atoms with Crippen LogP contribution in [0.3, 0.4) is 0 Å². The van der Waals surface area contributed by atoms with Crippen molar-refractivity contribution in [1.29, 1.82) is 0 Å². The van der Waals surface area contributed by atoms with Crippen LogP contribution in [0.25, 0.3) is 0 Å². The molecule has 0 amide bonds. The van der Waals surface area contributed by atoms with Gasteiger partial charge in [-0.05, 0) is 67.2 Å². The average molecular weight is 443 g/mol. The molecule has 0 radical (unpaired) electrons. The number of thioether (sulfide) groups is 1. The zero-order valence-corrected chi connectivity index (χ0v) is 19.6. The summed E-state index contributed by atoms with van der Waals surface area (Å²) in [5, 5.41) is 20.4. The minimum absolute atomic E-state index is 0.0268. The number of esters is 1. The number of carbonyl (C=O) groups is 1. The lowest BCUT2D eigenvalue weighted by molar-refractivity contribution is -0.141. The Balaban J connectivity index is 1.76. The molecule has 1 atom stereocenters. The van der Waals surface area contributed by atoms with Crippen LogP contribution < -0.4 is 0 Å². The summed E-state index contributed by atoms with van der Waals surface area (Å²) in [7, 11) is 1.45. The molecule has 1 saturated carbocycles. The number of aliphatic hydroxyl groups is 2. The largest absolute Gasteiger partial charge is 0.469 e. The van der Waals surface area contributed by atoms with Crippen molar-refractivity contribution in [3.8, 4) is 0 Å². The molecule has 0 heterocycles. The van der Waals surface area contributed by atoms with Crippen LogP contribution in [0.4, 0.5) is 0 Å². The summed E-state index contributed by atoms with van der Waals surface area (Å²) in [6.07, 6.45) is 4.40. The van der Waals surface area contributed by atoms with Gasteiger partial charge in [-0.15, -0.1) is 0 Å². The molecular weight excluding hydrogens is 408 g/mol. The number of aliphatic hydroxyl groups excluding tert-OH is 1. The Morgan fingerprint density at radius 1 is 1.19 bits per heavy atom. The quantitative estimate of drug-likeness (QED) is 0.471. The lowest BCUT2D eigenvalue weighted by atomic mass is 9.90. The van der Waals surface area contributed by atoms with Crippen molar-refractivity contribution in [2.75, 3.05) is 12.9 Å². The van der Waals surface area contributed by atoms with E-state index < -0.39 is 5.60 Å². The normalized spacial score (nSPS) is 16.0. The highest BCUT2D eigenvalue weighted by atomic mass is 32.2. The number of rotatable bonds is 11. The summed E-state index contributed by atoms with van der Waals surface area (Å²) in [5.41, 5.74) is 3.42. The van der Waals surface area contributed by atoms with Gasteiger partial charge in [-0.3, -0.25) is 4.79 Å². The van der Waals surface area contributed by atoms with E-state index >= 15 is 0 Å². The Morgan fingerprint density at radius 3 is 2.58 bits per heavy atom. The molecule has 1 aliphatic rings. The van der Waals surface area contributed by atoms with E-state index in [2.05, 4.69) is 18.2 Å². The van der Waals surface area contributed by atoms with E-state index in [9.17, 15) is 15.0 Å². The average Bonchev–Trinajstić information content (AvgIpc) is 3.52. The highest BCUT2D eigenvalue weighted by Crippen LogP contribution is 2.53. The first kappa shape index (κ1) is 23.8. The number of ether oxygens (including phenoxy) is 1. The SMILES string of the molecule is COC(=O)CC1(CSC(CCc2ccccc2C(C)(C)O)c2cccc(CO)c2)CC1. The standard InChI is InChI=1S/C26H34O4S/c1-25(2,29)22-10-5-4-8-20(22)11-12-23(21-9-6-7-19(15-21)17-27)31-18-26(13-14-26)16-24(28)30-3/h4-10,15,23,27,29H,11-14,16-18H2,1-3H3. The molecule has 0 aromatic heterocycles. The lowest BCUT2D eigenvalue weighted by Gasteiger charge is -2.24. The minimum Gasteiger partial charge on any atom is -0.469 e. The van der Waals surface area contributed by atoms with Crippen LogP contribution in [0.15, 0.2) is 48.5 Å². The number of methoxy groups -OCH3 is 1. The first-order chi connectivity index (χ1) is 14.8. The Labute approximate surface area is 190 Å². The fourth-order valence-corrected chi connectivity index (χ4v) is 5.63. The third-order valence-electron chi connectivity index (χ3n) is 6.15. The van der Waals surface area contributed by atoms with Gasteiger partial charge in [0.1, 0.15) is 0 Å². The van der Waals surface area contributed by atoms with Crippen LogP contribution >= 0.6 is 11.8 Å². The number of benzene rings is 2. The third-order valence-corrected chi connectivity index (χ3v) is 7.84. The van der Waals surface area contributed by atoms with Crippen LogP contribution in [0.5, 0.6) is 0 Å². The summed E-state index contributed by atoms with van der Waals surface area (Å²) in [6.45, 7) is 3.68. The van der Waals surface area contributed by atoms with Crippen molar-refractivity contribution < 1.29 is 19.7 Å². The van der Waals surface area contributed by atoms with Crippen molar-refractivity contribution in [3.05, 3.63) is 70.8 Å². The molecule has 2 aromatic carbocycles. The van der Waals surface area contributed by atoms with E-state index in [1.165, 1.54) is 12.7 Å². The molecule has 0 aliphatic heterocycles. The summed E-state index contributed by atoms with van der Waals surface area (Å²) < 4.78 is 4.90. The Morgan fingerprint density at radius 2 is 1.94 bits per heavy atom. The summed E-state index contributed by atoms with van der Waals surface area (Å²) >= 11 is 1.90. The maximum absolute atomic E-state index is 11.8. The number of hydrogen-bond donors (Lipinski definition) is 2. The van der Waals surface area contributed by atoms with Crippen molar-refractivity contribution in [1.82, 2.24) is 0 Å². The fourth-order valence-electron chi connectivity index (χ4n) is 4.06. The minimum atomic E-state index is -0.880. The zero-order valence-electron chi connectivity index (χ0n) is 18.8. The van der Waals surface area contributed by atoms with Crippen LogP contribution in [0, 0.1) is 5.41 Å². The number of aryl methyl sites for hydroxylation is 1.